The van der Waals surface area contributed by atoms with Crippen LogP contribution in [0.5, 0.6) is 0 Å². The molecule has 0 aromatic carbocycles. The molecule has 0 spiro atoms. The van der Waals surface area contributed by atoms with E-state index in [1.807, 2.05) is 0 Å². The minimum Gasteiger partial charge on any atom is -0.317 e. The first-order valence-corrected chi connectivity index (χ1v) is 6.84. The van der Waals surface area contributed by atoms with Crippen LogP contribution in [0.2, 0.25) is 0 Å². The maximum Gasteiger partial charge on any atom is 0.153 e. The molecule has 13 heavy (non-hydrogen) atoms. The molecule has 3 nitrogen and oxygen atoms in total. The van der Waals surface area contributed by atoms with Crippen molar-refractivity contribution in [1.29, 1.82) is 0 Å². The molecule has 0 aromatic heterocycles. The van der Waals surface area contributed by atoms with Gasteiger partial charge < -0.3 is 5.32 Å². The lowest BCUT2D eigenvalue weighted by molar-refractivity contribution is 0.353. The maximum atomic E-state index is 11.6. The van der Waals surface area contributed by atoms with Gasteiger partial charge in [0.1, 0.15) is 0 Å². The van der Waals surface area contributed by atoms with Crippen molar-refractivity contribution < 1.29 is 8.42 Å². The van der Waals surface area contributed by atoms with Crippen molar-refractivity contribution >= 4 is 9.84 Å². The minimum absolute atomic E-state index is 0.00500. The average molecular weight is 203 g/mol. The number of rotatable bonds is 1. The predicted octanol–water partition coefficient (Wildman–Crippen LogP) is 0.563. The number of nitrogens with one attached hydrogen (secondary N) is 1. The second-order valence-corrected chi connectivity index (χ2v) is 6.47. The molecular formula is C9H17NO2S. The highest BCUT2D eigenvalue weighted by molar-refractivity contribution is 7.92. The zero-order chi connectivity index (χ0) is 9.31. The Labute approximate surface area is 79.8 Å². The molecule has 2 fully saturated rings. The van der Waals surface area contributed by atoms with E-state index in [0.717, 1.165) is 38.8 Å². The van der Waals surface area contributed by atoms with E-state index in [1.165, 1.54) is 0 Å². The van der Waals surface area contributed by atoms with E-state index < -0.39 is 9.84 Å². The smallest absolute Gasteiger partial charge is 0.153 e. The van der Waals surface area contributed by atoms with Crippen LogP contribution in [0.3, 0.4) is 0 Å². The normalized spacial score (nSPS) is 34.9. The molecule has 0 amide bonds. The van der Waals surface area contributed by atoms with Crippen molar-refractivity contribution in [2.75, 3.05) is 18.8 Å². The van der Waals surface area contributed by atoms with E-state index in [0.29, 0.717) is 11.7 Å². The van der Waals surface area contributed by atoms with Crippen LogP contribution in [-0.2, 0) is 9.84 Å². The van der Waals surface area contributed by atoms with Gasteiger partial charge in [0.25, 0.3) is 0 Å². The molecule has 0 bridgehead atoms. The Bertz CT molecular complexity index is 267. The summed E-state index contributed by atoms with van der Waals surface area (Å²) in [6, 6.07) is 0. The Kier molecular flexibility index (Phi) is 2.60. The van der Waals surface area contributed by atoms with Crippen LogP contribution in [0.25, 0.3) is 0 Å². The summed E-state index contributed by atoms with van der Waals surface area (Å²) in [6.45, 7) is 1.99. The van der Waals surface area contributed by atoms with E-state index in [1.54, 1.807) is 0 Å². The second-order valence-electron chi connectivity index (χ2n) is 4.14. The molecule has 2 rings (SSSR count). The van der Waals surface area contributed by atoms with Gasteiger partial charge in [0.05, 0.1) is 11.0 Å². The summed E-state index contributed by atoms with van der Waals surface area (Å²) in [6.07, 6.45) is 3.89. The molecule has 2 aliphatic heterocycles. The first kappa shape index (κ1) is 9.46. The lowest BCUT2D eigenvalue weighted by Crippen LogP contribution is -2.36. The third kappa shape index (κ3) is 1.89. The minimum atomic E-state index is -2.71. The van der Waals surface area contributed by atoms with E-state index in [-0.39, 0.29) is 5.25 Å². The maximum absolute atomic E-state index is 11.6. The lowest BCUT2D eigenvalue weighted by atomic mass is 9.92. The molecule has 1 N–H and O–H groups in total. The summed E-state index contributed by atoms with van der Waals surface area (Å²) in [5.41, 5.74) is 0. The molecule has 0 radical (unpaired) electrons. The molecule has 0 aromatic rings. The standard InChI is InChI=1S/C9H17NO2S/c11-13(12)7-1-2-9(13)8-3-5-10-6-4-8/h8-10H,1-7H2/t9-/m0/s1. The van der Waals surface area contributed by atoms with Gasteiger partial charge in [-0.15, -0.1) is 0 Å². The molecule has 4 heteroatoms. The first-order valence-electron chi connectivity index (χ1n) is 5.12. The fraction of sp³-hybridized carbons (Fsp3) is 1.00. The van der Waals surface area contributed by atoms with E-state index in [2.05, 4.69) is 5.32 Å². The highest BCUT2D eigenvalue weighted by atomic mass is 32.2. The van der Waals surface area contributed by atoms with E-state index in [4.69, 9.17) is 0 Å². The monoisotopic (exact) mass is 203 g/mol. The van der Waals surface area contributed by atoms with Crippen LogP contribution in [0.4, 0.5) is 0 Å². The molecule has 2 saturated heterocycles. The van der Waals surface area contributed by atoms with Gasteiger partial charge in [0, 0.05) is 0 Å². The molecule has 0 saturated carbocycles. The Morgan fingerprint density at radius 1 is 1.08 bits per heavy atom. The highest BCUT2D eigenvalue weighted by Crippen LogP contribution is 2.31. The average Bonchev–Trinajstić information content (AvgIpc) is 2.47. The first-order chi connectivity index (χ1) is 6.20. The Morgan fingerprint density at radius 3 is 2.31 bits per heavy atom. The highest BCUT2D eigenvalue weighted by Gasteiger charge is 2.37. The largest absolute Gasteiger partial charge is 0.317 e. The number of sulfone groups is 1. The Balaban J connectivity index is 2.07. The van der Waals surface area contributed by atoms with E-state index in [9.17, 15) is 8.42 Å². The van der Waals surface area contributed by atoms with Crippen LogP contribution in [0, 0.1) is 5.92 Å². The number of piperidine rings is 1. The van der Waals surface area contributed by atoms with Gasteiger partial charge in [0.15, 0.2) is 9.84 Å². The van der Waals surface area contributed by atoms with Crippen LogP contribution in [0.1, 0.15) is 25.7 Å². The van der Waals surface area contributed by atoms with Crippen LogP contribution < -0.4 is 5.32 Å². The third-order valence-corrected chi connectivity index (χ3v) is 5.69. The van der Waals surface area contributed by atoms with Crippen LogP contribution in [-0.4, -0.2) is 32.5 Å². The van der Waals surface area contributed by atoms with Crippen molar-refractivity contribution in [3.63, 3.8) is 0 Å². The van der Waals surface area contributed by atoms with Crippen molar-refractivity contribution in [2.24, 2.45) is 5.92 Å². The second kappa shape index (κ2) is 3.58. The molecule has 76 valence electrons. The quantitative estimate of drug-likeness (QED) is 0.677. The summed E-state index contributed by atoms with van der Waals surface area (Å²) in [5, 5.41) is 3.27. The molecule has 2 aliphatic rings. The fourth-order valence-electron chi connectivity index (χ4n) is 2.56. The molecule has 2 heterocycles. The zero-order valence-corrected chi connectivity index (χ0v) is 8.65. The van der Waals surface area contributed by atoms with Crippen molar-refractivity contribution in [3.8, 4) is 0 Å². The molecular weight excluding hydrogens is 186 g/mol. The van der Waals surface area contributed by atoms with E-state index >= 15 is 0 Å². The molecule has 0 aliphatic carbocycles. The summed E-state index contributed by atoms with van der Waals surface area (Å²) >= 11 is 0. The van der Waals surface area contributed by atoms with Crippen molar-refractivity contribution in [2.45, 2.75) is 30.9 Å². The van der Waals surface area contributed by atoms with Crippen molar-refractivity contribution in [3.05, 3.63) is 0 Å². The van der Waals surface area contributed by atoms with Gasteiger partial charge in [-0.3, -0.25) is 0 Å². The number of hydrogen-bond acceptors (Lipinski definition) is 3. The molecule has 0 unspecified atom stereocenters. The summed E-state index contributed by atoms with van der Waals surface area (Å²) in [5.74, 6) is 0.871. The summed E-state index contributed by atoms with van der Waals surface area (Å²) in [4.78, 5) is 0. The van der Waals surface area contributed by atoms with Gasteiger partial charge >= 0.3 is 0 Å². The van der Waals surface area contributed by atoms with Crippen LogP contribution >= 0.6 is 0 Å². The molecule has 1 atom stereocenters. The predicted molar refractivity (Wildman–Crippen MR) is 52.4 cm³/mol. The van der Waals surface area contributed by atoms with Gasteiger partial charge in [-0.25, -0.2) is 8.42 Å². The zero-order valence-electron chi connectivity index (χ0n) is 7.83. The summed E-state index contributed by atoms with van der Waals surface area (Å²) < 4.78 is 23.3. The number of hydrogen-bond donors (Lipinski definition) is 1. The fourth-order valence-corrected chi connectivity index (χ4v) is 4.82. The summed E-state index contributed by atoms with van der Waals surface area (Å²) in [7, 11) is -2.71. The van der Waals surface area contributed by atoms with Crippen LogP contribution in [0.15, 0.2) is 0 Å². The third-order valence-electron chi connectivity index (χ3n) is 3.29. The van der Waals surface area contributed by atoms with Gasteiger partial charge in [-0.2, -0.15) is 0 Å². The van der Waals surface area contributed by atoms with Gasteiger partial charge in [-0.1, -0.05) is 0 Å². The Morgan fingerprint density at radius 2 is 1.77 bits per heavy atom. The van der Waals surface area contributed by atoms with Gasteiger partial charge in [-0.05, 0) is 44.7 Å². The topological polar surface area (TPSA) is 46.2 Å². The van der Waals surface area contributed by atoms with Gasteiger partial charge in [0.2, 0.25) is 0 Å². The van der Waals surface area contributed by atoms with Crippen molar-refractivity contribution in [1.82, 2.24) is 5.32 Å². The SMILES string of the molecule is O=S1(=O)CCC[C@H]1C1CCNCC1. The Hall–Kier alpha value is -0.0900. The lowest BCUT2D eigenvalue weighted by Gasteiger charge is -2.27.